The summed E-state index contributed by atoms with van der Waals surface area (Å²) in [5, 5.41) is 23.5. The molecule has 9 heteroatoms. The van der Waals surface area contributed by atoms with Crippen molar-refractivity contribution in [3.05, 3.63) is 29.6 Å². The van der Waals surface area contributed by atoms with Crippen molar-refractivity contribution < 1.29 is 14.7 Å². The molecule has 0 aromatic carbocycles. The number of likely N-dealkylation sites (tertiary alicyclic amines) is 1. The summed E-state index contributed by atoms with van der Waals surface area (Å²) in [5.74, 6) is -0.556. The first-order valence-corrected chi connectivity index (χ1v) is 10.2. The number of amides is 2. The lowest BCUT2D eigenvalue weighted by Crippen LogP contribution is -2.49. The van der Waals surface area contributed by atoms with Crippen LogP contribution in [0.25, 0.3) is 0 Å². The molecule has 2 fully saturated rings. The molecule has 3 rings (SSSR count). The maximum Gasteiger partial charge on any atom is 0.243 e. The van der Waals surface area contributed by atoms with Crippen molar-refractivity contribution in [3.8, 4) is 0 Å². The zero-order valence-corrected chi connectivity index (χ0v) is 16.6. The smallest absolute Gasteiger partial charge is 0.243 e. The van der Waals surface area contributed by atoms with Crippen molar-refractivity contribution in [1.29, 1.82) is 5.41 Å². The van der Waals surface area contributed by atoms with E-state index in [4.69, 9.17) is 11.1 Å². The molecule has 1 aromatic rings. The Morgan fingerprint density at radius 2 is 2.03 bits per heavy atom. The molecular weight excluding hydrogens is 372 g/mol. The van der Waals surface area contributed by atoms with E-state index >= 15 is 0 Å². The predicted octanol–water partition coefficient (Wildman–Crippen LogP) is -0.134. The van der Waals surface area contributed by atoms with Crippen molar-refractivity contribution in [2.75, 3.05) is 13.1 Å². The van der Waals surface area contributed by atoms with Gasteiger partial charge in [0.2, 0.25) is 11.8 Å². The van der Waals surface area contributed by atoms with E-state index in [2.05, 4.69) is 15.6 Å². The predicted molar refractivity (Wildman–Crippen MR) is 108 cm³/mol. The Labute approximate surface area is 170 Å². The van der Waals surface area contributed by atoms with Crippen LogP contribution in [0.4, 0.5) is 0 Å². The quantitative estimate of drug-likeness (QED) is 0.317. The van der Waals surface area contributed by atoms with Gasteiger partial charge in [0.25, 0.3) is 0 Å². The zero-order valence-electron chi connectivity index (χ0n) is 16.6. The molecule has 9 nitrogen and oxygen atoms in total. The van der Waals surface area contributed by atoms with Gasteiger partial charge in [0.05, 0.1) is 12.6 Å². The number of pyridine rings is 1. The van der Waals surface area contributed by atoms with Gasteiger partial charge < -0.3 is 26.4 Å². The van der Waals surface area contributed by atoms with Crippen molar-refractivity contribution >= 4 is 17.6 Å². The monoisotopic (exact) mass is 402 g/mol. The summed E-state index contributed by atoms with van der Waals surface area (Å²) >= 11 is 0. The average molecular weight is 402 g/mol. The summed E-state index contributed by atoms with van der Waals surface area (Å²) < 4.78 is 0. The molecule has 0 radical (unpaired) electrons. The number of aromatic nitrogens is 1. The number of nitrogens with zero attached hydrogens (tertiary/aromatic N) is 2. The molecule has 0 unspecified atom stereocenters. The zero-order chi connectivity index (χ0) is 20.8. The number of nitrogens with one attached hydrogen (secondary N) is 3. The second-order valence-electron chi connectivity index (χ2n) is 7.85. The second kappa shape index (κ2) is 9.80. The first-order chi connectivity index (χ1) is 13.9. The molecule has 0 spiro atoms. The van der Waals surface area contributed by atoms with Crippen LogP contribution in [-0.2, 0) is 16.1 Å². The largest absolute Gasteiger partial charge is 0.391 e. The van der Waals surface area contributed by atoms with E-state index in [1.807, 2.05) is 0 Å². The lowest BCUT2D eigenvalue weighted by atomic mass is 9.95. The summed E-state index contributed by atoms with van der Waals surface area (Å²) in [7, 11) is 0. The maximum atomic E-state index is 12.7. The van der Waals surface area contributed by atoms with Gasteiger partial charge in [-0.1, -0.05) is 25.3 Å². The number of hydrogen-bond acceptors (Lipinski definition) is 6. The van der Waals surface area contributed by atoms with Crippen molar-refractivity contribution in [3.63, 3.8) is 0 Å². The Morgan fingerprint density at radius 3 is 2.69 bits per heavy atom. The van der Waals surface area contributed by atoms with Crippen LogP contribution in [0, 0.1) is 5.41 Å². The third kappa shape index (κ3) is 5.74. The average Bonchev–Trinajstić information content (AvgIpc) is 3.13. The van der Waals surface area contributed by atoms with Crippen LogP contribution in [0.15, 0.2) is 18.3 Å². The van der Waals surface area contributed by atoms with Gasteiger partial charge in [-0.3, -0.25) is 20.0 Å². The molecule has 1 aliphatic carbocycles. The fourth-order valence-electron chi connectivity index (χ4n) is 3.97. The number of amidine groups is 1. The molecule has 1 saturated carbocycles. The highest BCUT2D eigenvalue weighted by Gasteiger charge is 2.38. The van der Waals surface area contributed by atoms with Gasteiger partial charge in [0.15, 0.2) is 0 Å². The topological polar surface area (TPSA) is 144 Å². The number of aliphatic hydroxyl groups is 1. The number of carbonyl (C=O) groups excluding carboxylic acids is 2. The van der Waals surface area contributed by atoms with Gasteiger partial charge in [-0.15, -0.1) is 0 Å². The number of β-amino-alcohol motifs (C(OH)–C–C–N with tert-alkyl or cyclic N) is 1. The Morgan fingerprint density at radius 1 is 1.28 bits per heavy atom. The summed E-state index contributed by atoms with van der Waals surface area (Å²) in [6.07, 6.45) is 6.87. The molecule has 1 aliphatic heterocycles. The second-order valence-corrected chi connectivity index (χ2v) is 7.85. The first kappa shape index (κ1) is 21.2. The molecule has 1 saturated heterocycles. The van der Waals surface area contributed by atoms with E-state index in [1.54, 1.807) is 18.3 Å². The van der Waals surface area contributed by atoms with E-state index in [1.165, 1.54) is 24.2 Å². The van der Waals surface area contributed by atoms with Crippen LogP contribution in [0.2, 0.25) is 0 Å². The maximum absolute atomic E-state index is 12.7. The summed E-state index contributed by atoms with van der Waals surface area (Å²) in [6, 6.07) is 3.05. The standard InChI is InChI=1S/C20H30N6O3/c21-19(22)16-7-6-13(9-24-16)10-25-20(29)17-8-15(27)12-26(17)18(28)11-23-14-4-2-1-3-5-14/h6-7,9,14-15,17,23,27H,1-5,8,10-12H2,(H3,21,22)(H,25,29)/t15-,17+/m1/s1. The SMILES string of the molecule is N=C(N)c1ccc(CNC(=O)[C@@H]2C[C@@H](O)CN2C(=O)CNC2CCCCC2)cn1. The minimum absolute atomic E-state index is 0.114. The van der Waals surface area contributed by atoms with Crippen LogP contribution in [0.5, 0.6) is 0 Å². The Hall–Kier alpha value is -2.52. The molecular formula is C20H30N6O3. The molecule has 6 N–H and O–H groups in total. The molecule has 2 amide bonds. The number of nitrogens with two attached hydrogens (primary N) is 1. The molecule has 1 aromatic heterocycles. The normalized spacial score (nSPS) is 22.4. The fraction of sp³-hybridized carbons (Fsp3) is 0.600. The number of rotatable bonds is 7. The van der Waals surface area contributed by atoms with E-state index in [9.17, 15) is 14.7 Å². The van der Waals surface area contributed by atoms with Gasteiger partial charge in [-0.25, -0.2) is 0 Å². The third-order valence-electron chi connectivity index (χ3n) is 5.62. The van der Waals surface area contributed by atoms with Crippen molar-refractivity contribution in [2.24, 2.45) is 5.73 Å². The Bertz CT molecular complexity index is 732. The highest BCUT2D eigenvalue weighted by atomic mass is 16.3. The van der Waals surface area contributed by atoms with Crippen LogP contribution < -0.4 is 16.4 Å². The molecule has 2 atom stereocenters. The van der Waals surface area contributed by atoms with Gasteiger partial charge in [0.1, 0.15) is 17.6 Å². The minimum atomic E-state index is -0.694. The molecule has 2 aliphatic rings. The highest BCUT2D eigenvalue weighted by molar-refractivity contribution is 5.93. The number of hydrogen-bond donors (Lipinski definition) is 5. The highest BCUT2D eigenvalue weighted by Crippen LogP contribution is 2.20. The summed E-state index contributed by atoms with van der Waals surface area (Å²) in [4.78, 5) is 30.8. The number of aliphatic hydroxyl groups excluding tert-OH is 1. The number of carbonyl (C=O) groups is 2. The van der Waals surface area contributed by atoms with Gasteiger partial charge in [-0.2, -0.15) is 0 Å². The summed E-state index contributed by atoms with van der Waals surface area (Å²) in [6.45, 7) is 0.620. The van der Waals surface area contributed by atoms with Crippen LogP contribution in [-0.4, -0.2) is 63.9 Å². The van der Waals surface area contributed by atoms with Gasteiger partial charge >= 0.3 is 0 Å². The van der Waals surface area contributed by atoms with Crippen LogP contribution in [0.1, 0.15) is 49.8 Å². The van der Waals surface area contributed by atoms with Crippen molar-refractivity contribution in [2.45, 2.75) is 63.3 Å². The van der Waals surface area contributed by atoms with Crippen molar-refractivity contribution in [1.82, 2.24) is 20.5 Å². The van der Waals surface area contributed by atoms with E-state index in [0.29, 0.717) is 11.7 Å². The number of nitrogen functional groups attached to an aromatic ring is 1. The van der Waals surface area contributed by atoms with E-state index in [0.717, 1.165) is 18.4 Å². The molecule has 158 valence electrons. The lowest BCUT2D eigenvalue weighted by molar-refractivity contribution is -0.138. The fourth-order valence-corrected chi connectivity index (χ4v) is 3.97. The Balaban J connectivity index is 1.52. The minimum Gasteiger partial charge on any atom is -0.391 e. The van der Waals surface area contributed by atoms with Gasteiger partial charge in [-0.05, 0) is 24.5 Å². The molecule has 0 bridgehead atoms. The first-order valence-electron chi connectivity index (χ1n) is 10.2. The van der Waals surface area contributed by atoms with Gasteiger partial charge in [0, 0.05) is 31.7 Å². The molecule has 2 heterocycles. The van der Waals surface area contributed by atoms with Crippen LogP contribution in [0.3, 0.4) is 0 Å². The molecule has 29 heavy (non-hydrogen) atoms. The van der Waals surface area contributed by atoms with Crippen LogP contribution >= 0.6 is 0 Å². The third-order valence-corrected chi connectivity index (χ3v) is 5.62. The van der Waals surface area contributed by atoms with E-state index in [-0.39, 0.29) is 43.7 Å². The lowest BCUT2D eigenvalue weighted by Gasteiger charge is -2.27. The van der Waals surface area contributed by atoms with E-state index < -0.39 is 12.1 Å². The Kier molecular flexibility index (Phi) is 7.16. The summed E-state index contributed by atoms with van der Waals surface area (Å²) in [5.41, 5.74) is 6.52.